The van der Waals surface area contributed by atoms with Crippen molar-refractivity contribution in [2.45, 2.75) is 44.8 Å². The van der Waals surface area contributed by atoms with Gasteiger partial charge in [0.2, 0.25) is 5.13 Å². The van der Waals surface area contributed by atoms with E-state index in [1.54, 1.807) is 16.3 Å². The van der Waals surface area contributed by atoms with Crippen LogP contribution in [0.2, 0.25) is 0 Å². The van der Waals surface area contributed by atoms with E-state index < -0.39 is 5.72 Å². The standard InChI is InChI=1S/C16H19N3OS/c1-16(20)11-7-3-2-4-8-12(11)18-19(16)15-17-13-9-5-6-10-14(13)21-15/h5-6,9-11,20H,2-4,7-8H2,1H3/t11-,16-/m1/s1. The van der Waals surface area contributed by atoms with Crippen molar-refractivity contribution in [3.8, 4) is 0 Å². The van der Waals surface area contributed by atoms with Gasteiger partial charge in [-0.25, -0.2) is 9.99 Å². The number of aliphatic hydroxyl groups is 1. The first-order valence-corrected chi connectivity index (χ1v) is 8.43. The molecule has 0 amide bonds. The SMILES string of the molecule is C[C@@]1(O)[C@@H]2CCCCCC2=NN1c1nc2ccccc2s1. The first-order chi connectivity index (χ1) is 10.2. The molecule has 1 saturated carbocycles. The Balaban J connectivity index is 1.77. The van der Waals surface area contributed by atoms with Gasteiger partial charge in [0.15, 0.2) is 5.72 Å². The summed E-state index contributed by atoms with van der Waals surface area (Å²) in [6.07, 6.45) is 5.62. The average Bonchev–Trinajstić information content (AvgIpc) is 2.87. The maximum Gasteiger partial charge on any atom is 0.209 e. The van der Waals surface area contributed by atoms with Gasteiger partial charge in [-0.3, -0.25) is 0 Å². The van der Waals surface area contributed by atoms with E-state index in [4.69, 9.17) is 5.10 Å². The van der Waals surface area contributed by atoms with E-state index in [1.165, 1.54) is 19.3 Å². The van der Waals surface area contributed by atoms with Crippen LogP contribution in [0.4, 0.5) is 5.13 Å². The minimum Gasteiger partial charge on any atom is -0.369 e. The van der Waals surface area contributed by atoms with Crippen molar-refractivity contribution < 1.29 is 5.11 Å². The fourth-order valence-electron chi connectivity index (χ4n) is 3.45. The fraction of sp³-hybridized carbons (Fsp3) is 0.500. The molecule has 1 aliphatic carbocycles. The van der Waals surface area contributed by atoms with Gasteiger partial charge in [-0.1, -0.05) is 36.3 Å². The molecule has 0 unspecified atom stereocenters. The summed E-state index contributed by atoms with van der Waals surface area (Å²) >= 11 is 1.60. The number of hydrazone groups is 1. The zero-order chi connectivity index (χ0) is 14.4. The number of fused-ring (bicyclic) bond motifs is 2. The molecule has 0 radical (unpaired) electrons. The topological polar surface area (TPSA) is 48.7 Å². The van der Waals surface area contributed by atoms with Gasteiger partial charge in [-0.15, -0.1) is 0 Å². The van der Waals surface area contributed by atoms with E-state index in [9.17, 15) is 5.11 Å². The van der Waals surface area contributed by atoms with Crippen LogP contribution in [0, 0.1) is 5.92 Å². The maximum absolute atomic E-state index is 11.0. The molecule has 0 saturated heterocycles. The molecule has 1 aromatic heterocycles. The van der Waals surface area contributed by atoms with Gasteiger partial charge in [-0.2, -0.15) is 5.10 Å². The van der Waals surface area contributed by atoms with Crippen molar-refractivity contribution in [3.05, 3.63) is 24.3 Å². The van der Waals surface area contributed by atoms with E-state index >= 15 is 0 Å². The first-order valence-electron chi connectivity index (χ1n) is 7.62. The van der Waals surface area contributed by atoms with Gasteiger partial charge in [0.25, 0.3) is 0 Å². The minimum absolute atomic E-state index is 0.145. The van der Waals surface area contributed by atoms with Crippen molar-refractivity contribution in [1.29, 1.82) is 0 Å². The van der Waals surface area contributed by atoms with Crippen LogP contribution in [0.15, 0.2) is 29.4 Å². The highest BCUT2D eigenvalue weighted by molar-refractivity contribution is 7.22. The molecule has 0 bridgehead atoms. The van der Waals surface area contributed by atoms with E-state index in [2.05, 4.69) is 11.1 Å². The highest BCUT2D eigenvalue weighted by Gasteiger charge is 2.47. The van der Waals surface area contributed by atoms with Crippen LogP contribution in [0.1, 0.15) is 39.0 Å². The van der Waals surface area contributed by atoms with Crippen LogP contribution in [-0.2, 0) is 0 Å². The average molecular weight is 301 g/mol. The molecule has 110 valence electrons. The molecule has 2 aliphatic rings. The van der Waals surface area contributed by atoms with E-state index in [0.29, 0.717) is 0 Å². The molecular formula is C16H19N3OS. The molecule has 4 nitrogen and oxygen atoms in total. The van der Waals surface area contributed by atoms with Crippen molar-refractivity contribution in [2.24, 2.45) is 11.0 Å². The minimum atomic E-state index is -0.951. The second-order valence-electron chi connectivity index (χ2n) is 6.11. The Labute approximate surface area is 128 Å². The number of para-hydroxylation sites is 1. The van der Waals surface area contributed by atoms with Crippen molar-refractivity contribution in [2.75, 3.05) is 5.01 Å². The van der Waals surface area contributed by atoms with Crippen LogP contribution in [0.3, 0.4) is 0 Å². The van der Waals surface area contributed by atoms with E-state index in [-0.39, 0.29) is 5.92 Å². The third-order valence-corrected chi connectivity index (χ3v) is 5.62. The molecule has 2 aromatic rings. The molecular weight excluding hydrogens is 282 g/mol. The van der Waals surface area contributed by atoms with Crippen LogP contribution in [-0.4, -0.2) is 21.5 Å². The molecule has 2 atom stereocenters. The van der Waals surface area contributed by atoms with Crippen molar-refractivity contribution in [1.82, 2.24) is 4.98 Å². The summed E-state index contributed by atoms with van der Waals surface area (Å²) in [4.78, 5) is 4.65. The second kappa shape index (κ2) is 4.78. The first kappa shape index (κ1) is 13.2. The van der Waals surface area contributed by atoms with Crippen LogP contribution < -0.4 is 5.01 Å². The zero-order valence-corrected chi connectivity index (χ0v) is 12.9. The Morgan fingerprint density at radius 2 is 2.14 bits per heavy atom. The lowest BCUT2D eigenvalue weighted by atomic mass is 9.89. The summed E-state index contributed by atoms with van der Waals surface area (Å²) < 4.78 is 1.13. The molecule has 1 aliphatic heterocycles. The highest BCUT2D eigenvalue weighted by Crippen LogP contribution is 2.42. The fourth-order valence-corrected chi connectivity index (χ4v) is 4.46. The lowest BCUT2D eigenvalue weighted by molar-refractivity contribution is 0.0295. The summed E-state index contributed by atoms with van der Waals surface area (Å²) in [5.41, 5.74) is 1.17. The maximum atomic E-state index is 11.0. The highest BCUT2D eigenvalue weighted by atomic mass is 32.1. The molecule has 1 aromatic carbocycles. The second-order valence-corrected chi connectivity index (χ2v) is 7.12. The monoisotopic (exact) mass is 301 g/mol. The molecule has 5 heteroatoms. The Kier molecular flexibility index (Phi) is 3.01. The van der Waals surface area contributed by atoms with Crippen molar-refractivity contribution >= 4 is 32.4 Å². The molecule has 1 fully saturated rings. The molecule has 0 spiro atoms. The smallest absolute Gasteiger partial charge is 0.209 e. The lowest BCUT2D eigenvalue weighted by Crippen LogP contribution is -2.46. The van der Waals surface area contributed by atoms with Gasteiger partial charge in [0.1, 0.15) is 0 Å². The third-order valence-electron chi connectivity index (χ3n) is 4.61. The van der Waals surface area contributed by atoms with Crippen LogP contribution in [0.25, 0.3) is 10.2 Å². The predicted molar refractivity (Wildman–Crippen MR) is 86.7 cm³/mol. The van der Waals surface area contributed by atoms with Gasteiger partial charge in [0.05, 0.1) is 10.2 Å². The number of hydrogen-bond acceptors (Lipinski definition) is 5. The number of aromatic nitrogens is 1. The summed E-state index contributed by atoms with van der Waals surface area (Å²) in [6, 6.07) is 8.07. The van der Waals surface area contributed by atoms with Gasteiger partial charge in [0, 0.05) is 11.6 Å². The Morgan fingerprint density at radius 1 is 1.29 bits per heavy atom. The summed E-state index contributed by atoms with van der Waals surface area (Å²) in [5.74, 6) is 0.145. The molecule has 21 heavy (non-hydrogen) atoms. The van der Waals surface area contributed by atoms with Gasteiger partial charge >= 0.3 is 0 Å². The van der Waals surface area contributed by atoms with Crippen LogP contribution >= 0.6 is 11.3 Å². The number of hydrogen-bond donors (Lipinski definition) is 1. The summed E-state index contributed by atoms with van der Waals surface area (Å²) in [5, 5.41) is 18.3. The Morgan fingerprint density at radius 3 is 3.00 bits per heavy atom. The number of benzene rings is 1. The number of thiazole rings is 1. The Hall–Kier alpha value is -1.46. The third kappa shape index (κ3) is 2.07. The van der Waals surface area contributed by atoms with Crippen LogP contribution in [0.5, 0.6) is 0 Å². The van der Waals surface area contributed by atoms with E-state index in [1.807, 2.05) is 25.1 Å². The van der Waals surface area contributed by atoms with E-state index in [0.717, 1.165) is 33.9 Å². The molecule has 4 rings (SSSR count). The number of nitrogens with zero attached hydrogens (tertiary/aromatic N) is 3. The lowest BCUT2D eigenvalue weighted by Gasteiger charge is -2.32. The van der Waals surface area contributed by atoms with Crippen molar-refractivity contribution in [3.63, 3.8) is 0 Å². The van der Waals surface area contributed by atoms with Gasteiger partial charge in [-0.05, 0) is 38.3 Å². The zero-order valence-electron chi connectivity index (χ0n) is 12.1. The van der Waals surface area contributed by atoms with Gasteiger partial charge < -0.3 is 5.11 Å². The summed E-state index contributed by atoms with van der Waals surface area (Å²) in [7, 11) is 0. The number of anilines is 1. The molecule has 1 N–H and O–H groups in total. The summed E-state index contributed by atoms with van der Waals surface area (Å²) in [6.45, 7) is 1.88. The molecule has 2 heterocycles. The number of rotatable bonds is 1. The Bertz CT molecular complexity index is 673. The predicted octanol–water partition coefficient (Wildman–Crippen LogP) is 3.76. The quantitative estimate of drug-likeness (QED) is 0.872. The largest absolute Gasteiger partial charge is 0.369 e. The normalized spacial score (nSPS) is 29.3.